The molecular weight excluding hydrogens is 254 g/mol. The Balaban J connectivity index is 1.89. The van der Waals surface area contributed by atoms with Crippen molar-refractivity contribution in [1.29, 1.82) is 0 Å². The highest BCUT2D eigenvalue weighted by Gasteiger charge is 2.14. The number of aryl methyl sites for hydroxylation is 2. The molecule has 3 rings (SSSR count). The molecule has 0 fully saturated rings. The van der Waals surface area contributed by atoms with E-state index in [2.05, 4.69) is 5.10 Å². The first-order chi connectivity index (χ1) is 9.69. The molecule has 0 spiro atoms. The Labute approximate surface area is 116 Å². The zero-order valence-corrected chi connectivity index (χ0v) is 11.6. The molecule has 0 aliphatic carbocycles. The second kappa shape index (κ2) is 5.02. The molecule has 20 heavy (non-hydrogen) atoms. The zero-order chi connectivity index (χ0) is 14.1. The molecule has 0 amide bonds. The van der Waals surface area contributed by atoms with Crippen molar-refractivity contribution in [2.45, 2.75) is 20.1 Å². The van der Waals surface area contributed by atoms with Crippen molar-refractivity contribution in [3.63, 3.8) is 0 Å². The van der Waals surface area contributed by atoms with Gasteiger partial charge in [0.15, 0.2) is 0 Å². The number of hydrogen-bond donors (Lipinski definition) is 1. The van der Waals surface area contributed by atoms with Crippen LogP contribution in [0.1, 0.15) is 17.0 Å². The molecule has 5 heteroatoms. The van der Waals surface area contributed by atoms with Crippen LogP contribution < -0.4 is 10.5 Å². The number of benzene rings is 1. The monoisotopic (exact) mass is 271 g/mol. The van der Waals surface area contributed by atoms with E-state index in [1.54, 1.807) is 4.68 Å². The summed E-state index contributed by atoms with van der Waals surface area (Å²) >= 11 is 0. The van der Waals surface area contributed by atoms with E-state index in [0.717, 1.165) is 28.0 Å². The fourth-order valence-electron chi connectivity index (χ4n) is 2.35. The van der Waals surface area contributed by atoms with Crippen LogP contribution in [0.15, 0.2) is 34.7 Å². The Kier molecular flexibility index (Phi) is 3.20. The Hall–Kier alpha value is -2.27. The number of aromatic nitrogens is 2. The molecule has 0 aliphatic heterocycles. The number of ether oxygens (including phenoxy) is 1. The first-order valence-electron chi connectivity index (χ1n) is 6.52. The van der Waals surface area contributed by atoms with Gasteiger partial charge in [-0.25, -0.2) is 4.68 Å². The van der Waals surface area contributed by atoms with Gasteiger partial charge in [-0.3, -0.25) is 0 Å². The molecule has 104 valence electrons. The summed E-state index contributed by atoms with van der Waals surface area (Å²) in [6.07, 6.45) is 0. The van der Waals surface area contributed by atoms with Crippen molar-refractivity contribution in [3.05, 3.63) is 47.3 Å². The van der Waals surface area contributed by atoms with E-state index in [1.807, 2.05) is 44.3 Å². The van der Waals surface area contributed by atoms with Crippen LogP contribution in [0.4, 0.5) is 0 Å². The Bertz CT molecular complexity index is 743. The van der Waals surface area contributed by atoms with Gasteiger partial charge in [0, 0.05) is 30.6 Å². The van der Waals surface area contributed by atoms with Gasteiger partial charge in [0.1, 0.15) is 18.0 Å². The van der Waals surface area contributed by atoms with E-state index in [4.69, 9.17) is 14.9 Å². The highest BCUT2D eigenvalue weighted by molar-refractivity contribution is 5.82. The molecular formula is C15H17N3O2. The number of rotatable bonds is 4. The second-order valence-electron chi connectivity index (χ2n) is 4.74. The maximum atomic E-state index is 5.83. The molecule has 0 unspecified atom stereocenters. The number of nitrogens with two attached hydrogens (primary N) is 1. The predicted octanol–water partition coefficient (Wildman–Crippen LogP) is 2.51. The first-order valence-corrected chi connectivity index (χ1v) is 6.52. The fourth-order valence-corrected chi connectivity index (χ4v) is 2.35. The number of furan rings is 1. The van der Waals surface area contributed by atoms with Crippen LogP contribution in [0, 0.1) is 6.92 Å². The number of para-hydroxylation sites is 1. The van der Waals surface area contributed by atoms with E-state index >= 15 is 0 Å². The lowest BCUT2D eigenvalue weighted by Crippen LogP contribution is -2.04. The Morgan fingerprint density at radius 2 is 2.15 bits per heavy atom. The van der Waals surface area contributed by atoms with Crippen molar-refractivity contribution in [2.24, 2.45) is 12.8 Å². The molecule has 0 atom stereocenters. The van der Waals surface area contributed by atoms with Gasteiger partial charge in [0.25, 0.3) is 0 Å². The molecule has 0 bridgehead atoms. The Morgan fingerprint density at radius 1 is 1.35 bits per heavy atom. The second-order valence-corrected chi connectivity index (χ2v) is 4.74. The zero-order valence-electron chi connectivity index (χ0n) is 11.6. The summed E-state index contributed by atoms with van der Waals surface area (Å²) in [4.78, 5) is 0. The van der Waals surface area contributed by atoms with E-state index in [0.29, 0.717) is 19.0 Å². The van der Waals surface area contributed by atoms with E-state index in [1.165, 1.54) is 0 Å². The van der Waals surface area contributed by atoms with Gasteiger partial charge in [0.2, 0.25) is 5.88 Å². The lowest BCUT2D eigenvalue weighted by Gasteiger charge is -2.05. The summed E-state index contributed by atoms with van der Waals surface area (Å²) < 4.78 is 13.3. The van der Waals surface area contributed by atoms with Crippen LogP contribution in [0.5, 0.6) is 5.88 Å². The van der Waals surface area contributed by atoms with Gasteiger partial charge in [0.05, 0.1) is 5.69 Å². The van der Waals surface area contributed by atoms with Crippen LogP contribution in [-0.2, 0) is 20.2 Å². The van der Waals surface area contributed by atoms with Crippen molar-refractivity contribution in [2.75, 3.05) is 0 Å². The van der Waals surface area contributed by atoms with E-state index in [9.17, 15) is 0 Å². The lowest BCUT2D eigenvalue weighted by molar-refractivity contribution is 0.251. The molecule has 0 saturated carbocycles. The molecule has 2 N–H and O–H groups in total. The van der Waals surface area contributed by atoms with Gasteiger partial charge in [-0.15, -0.1) is 0 Å². The summed E-state index contributed by atoms with van der Waals surface area (Å²) in [6.45, 7) is 2.71. The van der Waals surface area contributed by atoms with Gasteiger partial charge in [-0.1, -0.05) is 18.2 Å². The molecule has 3 aromatic rings. The summed E-state index contributed by atoms with van der Waals surface area (Å²) in [5, 5.41) is 5.30. The van der Waals surface area contributed by atoms with Gasteiger partial charge < -0.3 is 14.9 Å². The van der Waals surface area contributed by atoms with Crippen molar-refractivity contribution in [1.82, 2.24) is 9.78 Å². The maximum absolute atomic E-state index is 5.83. The molecule has 2 aromatic heterocycles. The summed E-state index contributed by atoms with van der Waals surface area (Å²) in [6, 6.07) is 9.77. The number of nitrogens with zero attached hydrogens (tertiary/aromatic N) is 2. The Morgan fingerprint density at radius 3 is 2.85 bits per heavy atom. The highest BCUT2D eigenvalue weighted by Crippen LogP contribution is 2.26. The smallest absolute Gasteiger partial charge is 0.212 e. The number of fused-ring (bicyclic) bond motifs is 1. The molecule has 0 saturated heterocycles. The lowest BCUT2D eigenvalue weighted by atomic mass is 10.1. The third-order valence-corrected chi connectivity index (χ3v) is 3.30. The third-order valence-electron chi connectivity index (χ3n) is 3.30. The van der Waals surface area contributed by atoms with Crippen molar-refractivity contribution < 1.29 is 9.15 Å². The average Bonchev–Trinajstić information content (AvgIpc) is 2.95. The maximum Gasteiger partial charge on any atom is 0.212 e. The SMILES string of the molecule is Cc1cc(OCc2oc3ccccc3c2CN)n(C)n1. The number of hydrogen-bond acceptors (Lipinski definition) is 4. The topological polar surface area (TPSA) is 66.2 Å². The molecule has 0 aliphatic rings. The minimum atomic E-state index is 0.347. The average molecular weight is 271 g/mol. The third kappa shape index (κ3) is 2.16. The molecule has 1 aromatic carbocycles. The van der Waals surface area contributed by atoms with E-state index in [-0.39, 0.29) is 0 Å². The quantitative estimate of drug-likeness (QED) is 0.791. The highest BCUT2D eigenvalue weighted by atomic mass is 16.5. The van der Waals surface area contributed by atoms with Crippen molar-refractivity contribution >= 4 is 11.0 Å². The summed E-state index contributed by atoms with van der Waals surface area (Å²) in [7, 11) is 1.85. The van der Waals surface area contributed by atoms with Gasteiger partial charge in [-0.05, 0) is 13.0 Å². The standard InChI is InChI=1S/C15H17N3O2/c1-10-7-15(18(2)17-10)19-9-14-12(8-16)11-5-3-4-6-13(11)20-14/h3-7H,8-9,16H2,1-2H3. The first kappa shape index (κ1) is 12.7. The largest absolute Gasteiger partial charge is 0.470 e. The van der Waals surface area contributed by atoms with E-state index < -0.39 is 0 Å². The van der Waals surface area contributed by atoms with Crippen LogP contribution >= 0.6 is 0 Å². The van der Waals surface area contributed by atoms with Crippen molar-refractivity contribution in [3.8, 4) is 5.88 Å². The fraction of sp³-hybridized carbons (Fsp3) is 0.267. The van der Waals surface area contributed by atoms with Crippen LogP contribution in [0.2, 0.25) is 0 Å². The predicted molar refractivity (Wildman–Crippen MR) is 76.4 cm³/mol. The summed E-state index contributed by atoms with van der Waals surface area (Å²) in [5.41, 5.74) is 8.59. The van der Waals surface area contributed by atoms with Crippen LogP contribution in [-0.4, -0.2) is 9.78 Å². The minimum Gasteiger partial charge on any atom is -0.470 e. The van der Waals surface area contributed by atoms with Crippen LogP contribution in [0.25, 0.3) is 11.0 Å². The van der Waals surface area contributed by atoms with Gasteiger partial charge >= 0.3 is 0 Å². The molecule has 2 heterocycles. The van der Waals surface area contributed by atoms with Crippen LogP contribution in [0.3, 0.4) is 0 Å². The normalized spacial score (nSPS) is 11.2. The molecule has 0 radical (unpaired) electrons. The minimum absolute atomic E-state index is 0.347. The van der Waals surface area contributed by atoms with Gasteiger partial charge in [-0.2, -0.15) is 5.10 Å². The molecule has 5 nitrogen and oxygen atoms in total. The summed E-state index contributed by atoms with van der Waals surface area (Å²) in [5.74, 6) is 1.48.